The highest BCUT2D eigenvalue weighted by Gasteiger charge is 2.20. The topological polar surface area (TPSA) is 110 Å². The molecule has 9 heteroatoms. The number of carbonyl (C=O) groups excluding carboxylic acids is 3. The smallest absolute Gasteiger partial charge is 0.302 e. The molecule has 0 saturated carbocycles. The molecule has 9 nitrogen and oxygen atoms in total. The zero-order valence-corrected chi connectivity index (χ0v) is 22.7. The molecule has 0 bridgehead atoms. The third-order valence-corrected chi connectivity index (χ3v) is 6.66. The molecule has 4 aromatic carbocycles. The lowest BCUT2D eigenvalue weighted by Crippen LogP contribution is -2.23. The van der Waals surface area contributed by atoms with E-state index >= 15 is 0 Å². The highest BCUT2D eigenvalue weighted by molar-refractivity contribution is 6.10. The van der Waals surface area contributed by atoms with E-state index in [4.69, 9.17) is 14.3 Å². The summed E-state index contributed by atoms with van der Waals surface area (Å²) in [6, 6.07) is 25.9. The molecule has 0 aliphatic heterocycles. The maximum absolute atomic E-state index is 13.5. The molecule has 1 heterocycles. The Labute approximate surface area is 236 Å². The second-order valence-electron chi connectivity index (χ2n) is 9.34. The SMILES string of the molecule is COc1ccc2[nH]c(C(=O)Nc3cc(N(C=O)OCc4ccccc4)c4ccccc4c3CCOC(C)=O)cc2c1. The van der Waals surface area contributed by atoms with Crippen LogP contribution in [-0.2, 0) is 32.2 Å². The summed E-state index contributed by atoms with van der Waals surface area (Å²) >= 11 is 0. The molecule has 2 amide bonds. The first kappa shape index (κ1) is 27.4. The molecule has 0 aliphatic carbocycles. The van der Waals surface area contributed by atoms with Crippen LogP contribution < -0.4 is 15.1 Å². The van der Waals surface area contributed by atoms with Crippen molar-refractivity contribution >= 4 is 51.3 Å². The molecule has 5 aromatic rings. The fourth-order valence-corrected chi connectivity index (χ4v) is 4.70. The number of aromatic nitrogens is 1. The van der Waals surface area contributed by atoms with Crippen molar-refractivity contribution in [3.63, 3.8) is 0 Å². The second kappa shape index (κ2) is 12.4. The Kier molecular flexibility index (Phi) is 8.26. The van der Waals surface area contributed by atoms with Crippen molar-refractivity contribution in [1.29, 1.82) is 0 Å². The van der Waals surface area contributed by atoms with E-state index < -0.39 is 5.97 Å². The predicted octanol–water partition coefficient (Wildman–Crippen LogP) is 5.78. The summed E-state index contributed by atoms with van der Waals surface area (Å²) in [6.07, 6.45) is 0.936. The van der Waals surface area contributed by atoms with Gasteiger partial charge in [0, 0.05) is 35.3 Å². The van der Waals surface area contributed by atoms with E-state index in [2.05, 4.69) is 10.3 Å². The number of nitrogens with zero attached hydrogens (tertiary/aromatic N) is 1. The lowest BCUT2D eigenvalue weighted by atomic mass is 9.98. The molecule has 0 aliphatic rings. The number of aromatic amines is 1. The van der Waals surface area contributed by atoms with E-state index in [0.29, 0.717) is 35.6 Å². The van der Waals surface area contributed by atoms with Crippen LogP contribution in [0.25, 0.3) is 21.7 Å². The summed E-state index contributed by atoms with van der Waals surface area (Å²) in [4.78, 5) is 46.3. The molecule has 0 saturated heterocycles. The molecule has 0 radical (unpaired) electrons. The maximum atomic E-state index is 13.5. The van der Waals surface area contributed by atoms with Crippen LogP contribution in [0.4, 0.5) is 11.4 Å². The van der Waals surface area contributed by atoms with Crippen molar-refractivity contribution in [2.75, 3.05) is 24.1 Å². The summed E-state index contributed by atoms with van der Waals surface area (Å²) in [7, 11) is 1.59. The van der Waals surface area contributed by atoms with Crippen LogP contribution in [0.1, 0.15) is 28.5 Å². The normalized spacial score (nSPS) is 10.9. The van der Waals surface area contributed by atoms with Crippen LogP contribution in [0.2, 0.25) is 0 Å². The largest absolute Gasteiger partial charge is 0.497 e. The number of fused-ring (bicyclic) bond motifs is 2. The van der Waals surface area contributed by atoms with Gasteiger partial charge in [0.25, 0.3) is 5.91 Å². The van der Waals surface area contributed by atoms with Crippen molar-refractivity contribution in [2.45, 2.75) is 20.0 Å². The predicted molar refractivity (Wildman–Crippen MR) is 157 cm³/mol. The van der Waals surface area contributed by atoms with Gasteiger partial charge in [0.15, 0.2) is 0 Å². The van der Waals surface area contributed by atoms with Gasteiger partial charge in [-0.15, -0.1) is 0 Å². The van der Waals surface area contributed by atoms with Gasteiger partial charge in [-0.1, -0.05) is 54.6 Å². The van der Waals surface area contributed by atoms with Crippen molar-refractivity contribution < 1.29 is 28.7 Å². The highest BCUT2D eigenvalue weighted by Crippen LogP contribution is 2.36. The van der Waals surface area contributed by atoms with Crippen LogP contribution >= 0.6 is 0 Å². The molecular weight excluding hydrogens is 522 g/mol. The number of nitrogens with one attached hydrogen (secondary N) is 2. The first-order valence-electron chi connectivity index (χ1n) is 13.0. The van der Waals surface area contributed by atoms with Crippen molar-refractivity contribution in [2.24, 2.45) is 0 Å². The van der Waals surface area contributed by atoms with E-state index in [9.17, 15) is 14.4 Å². The summed E-state index contributed by atoms with van der Waals surface area (Å²) in [5.74, 6) is -0.0932. The molecule has 0 unspecified atom stereocenters. The fraction of sp³-hybridized carbons (Fsp3) is 0.156. The molecule has 2 N–H and O–H groups in total. The number of esters is 1. The van der Waals surface area contributed by atoms with Gasteiger partial charge < -0.3 is 19.8 Å². The van der Waals surface area contributed by atoms with E-state index in [-0.39, 0.29) is 19.1 Å². The molecule has 208 valence electrons. The summed E-state index contributed by atoms with van der Waals surface area (Å²) < 4.78 is 10.5. The fourth-order valence-electron chi connectivity index (χ4n) is 4.70. The number of hydrogen-bond donors (Lipinski definition) is 2. The minimum Gasteiger partial charge on any atom is -0.497 e. The zero-order chi connectivity index (χ0) is 28.8. The van der Waals surface area contributed by atoms with Crippen LogP contribution in [0, 0.1) is 0 Å². The Morgan fingerprint density at radius 2 is 1.71 bits per heavy atom. The minimum atomic E-state index is -0.397. The Morgan fingerprint density at radius 1 is 0.951 bits per heavy atom. The van der Waals surface area contributed by atoms with Gasteiger partial charge in [-0.05, 0) is 46.8 Å². The van der Waals surface area contributed by atoms with Crippen LogP contribution in [0.5, 0.6) is 5.75 Å². The molecule has 0 spiro atoms. The number of anilines is 2. The minimum absolute atomic E-state index is 0.121. The van der Waals surface area contributed by atoms with E-state index in [1.54, 1.807) is 19.2 Å². The first-order chi connectivity index (χ1) is 20.0. The number of hydroxylamine groups is 1. The Balaban J connectivity index is 1.54. The van der Waals surface area contributed by atoms with Gasteiger partial charge in [-0.25, -0.2) is 0 Å². The Bertz CT molecular complexity index is 1710. The number of ether oxygens (including phenoxy) is 2. The maximum Gasteiger partial charge on any atom is 0.302 e. The average molecular weight is 552 g/mol. The number of benzene rings is 4. The van der Waals surface area contributed by atoms with Gasteiger partial charge in [0.2, 0.25) is 6.41 Å². The lowest BCUT2D eigenvalue weighted by molar-refractivity contribution is -0.140. The number of carbonyl (C=O) groups is 3. The average Bonchev–Trinajstić information content (AvgIpc) is 3.43. The number of H-pyrrole nitrogens is 1. The van der Waals surface area contributed by atoms with Crippen molar-refractivity contribution in [3.8, 4) is 5.75 Å². The standard InChI is InChI=1S/C32H29N3O6/c1-21(37)40-15-14-26-25-10-6-7-11-27(25)31(35(20-36)41-19-22-8-4-3-5-9-22)18-29(26)34-32(38)30-17-23-16-24(39-2)12-13-28(23)33-30/h3-13,16-18,20,33H,14-15,19H2,1-2H3,(H,34,38). The van der Waals surface area contributed by atoms with Crippen LogP contribution in [0.15, 0.2) is 84.9 Å². The number of amides is 2. The number of hydrogen-bond acceptors (Lipinski definition) is 6. The first-order valence-corrected chi connectivity index (χ1v) is 13.0. The molecule has 5 rings (SSSR count). The van der Waals surface area contributed by atoms with Gasteiger partial charge in [-0.3, -0.25) is 19.2 Å². The highest BCUT2D eigenvalue weighted by atomic mass is 16.7. The third kappa shape index (κ3) is 6.21. The zero-order valence-electron chi connectivity index (χ0n) is 22.7. The van der Waals surface area contributed by atoms with Gasteiger partial charge in [-0.2, -0.15) is 5.06 Å². The molecule has 0 fully saturated rings. The van der Waals surface area contributed by atoms with E-state index in [1.807, 2.05) is 72.8 Å². The number of methoxy groups -OCH3 is 1. The number of rotatable bonds is 11. The second-order valence-corrected chi connectivity index (χ2v) is 9.34. The van der Waals surface area contributed by atoms with Crippen molar-refractivity contribution in [1.82, 2.24) is 4.98 Å². The Morgan fingerprint density at radius 3 is 2.44 bits per heavy atom. The monoisotopic (exact) mass is 551 g/mol. The Hall–Kier alpha value is -5.15. The quantitative estimate of drug-likeness (QED) is 0.122. The van der Waals surface area contributed by atoms with Crippen LogP contribution in [-0.4, -0.2) is 37.0 Å². The van der Waals surface area contributed by atoms with E-state index in [0.717, 1.165) is 37.9 Å². The molecular formula is C32H29N3O6. The molecule has 1 aromatic heterocycles. The van der Waals surface area contributed by atoms with Gasteiger partial charge >= 0.3 is 5.97 Å². The van der Waals surface area contributed by atoms with E-state index in [1.165, 1.54) is 6.92 Å². The van der Waals surface area contributed by atoms with Crippen molar-refractivity contribution in [3.05, 3.63) is 102 Å². The summed E-state index contributed by atoms with van der Waals surface area (Å²) in [5.41, 5.74) is 3.70. The lowest BCUT2D eigenvalue weighted by Gasteiger charge is -2.23. The summed E-state index contributed by atoms with van der Waals surface area (Å²) in [6.45, 7) is 1.64. The molecule has 41 heavy (non-hydrogen) atoms. The summed E-state index contributed by atoms with van der Waals surface area (Å²) in [5, 5.41) is 6.51. The molecule has 0 atom stereocenters. The van der Waals surface area contributed by atoms with Gasteiger partial charge in [0.1, 0.15) is 18.1 Å². The third-order valence-electron chi connectivity index (χ3n) is 6.66. The van der Waals surface area contributed by atoms with Gasteiger partial charge in [0.05, 0.1) is 19.4 Å². The van der Waals surface area contributed by atoms with Crippen LogP contribution in [0.3, 0.4) is 0 Å².